The van der Waals surface area contributed by atoms with Crippen molar-refractivity contribution in [3.05, 3.63) is 0 Å². The summed E-state index contributed by atoms with van der Waals surface area (Å²) in [5, 5.41) is 5.12. The molecule has 0 aromatic carbocycles. The SMILES string of the molecule is COC(C)(C)CCOCC(CS(N)(=O)=O)C(C)(C)C. The molecule has 0 saturated heterocycles. The average Bonchev–Trinajstić information content (AvgIpc) is 2.19. The minimum absolute atomic E-state index is 0.0514. The second-order valence-electron chi connectivity index (χ2n) is 6.68. The molecule has 116 valence electrons. The molecule has 0 bridgehead atoms. The predicted molar refractivity (Wildman–Crippen MR) is 77.4 cm³/mol. The fraction of sp³-hybridized carbons (Fsp3) is 1.00. The third kappa shape index (κ3) is 9.38. The number of hydrogen-bond acceptors (Lipinski definition) is 4. The Labute approximate surface area is 117 Å². The van der Waals surface area contributed by atoms with Crippen molar-refractivity contribution >= 4 is 10.0 Å². The van der Waals surface area contributed by atoms with Gasteiger partial charge in [0.25, 0.3) is 0 Å². The number of sulfonamides is 1. The lowest BCUT2D eigenvalue weighted by Gasteiger charge is -2.30. The molecule has 2 N–H and O–H groups in total. The number of nitrogens with two attached hydrogens (primary N) is 1. The molecule has 0 aliphatic heterocycles. The highest BCUT2D eigenvalue weighted by Crippen LogP contribution is 2.27. The van der Waals surface area contributed by atoms with Crippen LogP contribution in [0.25, 0.3) is 0 Å². The number of primary sulfonamides is 1. The number of ether oxygens (including phenoxy) is 2. The van der Waals surface area contributed by atoms with E-state index in [-0.39, 0.29) is 22.7 Å². The van der Waals surface area contributed by atoms with Crippen molar-refractivity contribution in [2.24, 2.45) is 16.5 Å². The summed E-state index contributed by atoms with van der Waals surface area (Å²) in [7, 11) is -1.82. The number of methoxy groups -OCH3 is 1. The lowest BCUT2D eigenvalue weighted by Crippen LogP contribution is -2.35. The molecular formula is C13H29NO4S. The van der Waals surface area contributed by atoms with Gasteiger partial charge in [-0.1, -0.05) is 20.8 Å². The molecule has 0 saturated carbocycles. The highest BCUT2D eigenvalue weighted by molar-refractivity contribution is 7.89. The normalized spacial score (nSPS) is 15.5. The van der Waals surface area contributed by atoms with Crippen LogP contribution in [0.2, 0.25) is 0 Å². The van der Waals surface area contributed by atoms with Crippen LogP contribution in [0.3, 0.4) is 0 Å². The Bertz CT molecular complexity index is 357. The fourth-order valence-corrected chi connectivity index (χ4v) is 2.63. The molecule has 0 heterocycles. The topological polar surface area (TPSA) is 78.6 Å². The summed E-state index contributed by atoms with van der Waals surface area (Å²) in [6, 6.07) is 0. The van der Waals surface area contributed by atoms with Gasteiger partial charge >= 0.3 is 0 Å². The lowest BCUT2D eigenvalue weighted by molar-refractivity contribution is -0.0188. The standard InChI is InChI=1S/C13H29NO4S/c1-12(2,3)11(10-19(14,15)16)9-18-8-7-13(4,5)17-6/h11H,7-10H2,1-6H3,(H2,14,15,16). The van der Waals surface area contributed by atoms with Crippen LogP contribution in [0.5, 0.6) is 0 Å². The highest BCUT2D eigenvalue weighted by Gasteiger charge is 2.28. The molecule has 5 nitrogen and oxygen atoms in total. The zero-order chi connectivity index (χ0) is 15.3. The number of hydrogen-bond donors (Lipinski definition) is 1. The van der Waals surface area contributed by atoms with Crippen LogP contribution < -0.4 is 5.14 Å². The van der Waals surface area contributed by atoms with Crippen LogP contribution in [-0.2, 0) is 19.5 Å². The van der Waals surface area contributed by atoms with E-state index in [9.17, 15) is 8.42 Å². The van der Waals surface area contributed by atoms with E-state index < -0.39 is 10.0 Å². The lowest BCUT2D eigenvalue weighted by atomic mass is 9.82. The summed E-state index contributed by atoms with van der Waals surface area (Å²) in [5.74, 6) is -0.169. The molecule has 0 aliphatic rings. The predicted octanol–water partition coefficient (Wildman–Crippen LogP) is 1.77. The molecule has 0 rings (SSSR count). The Kier molecular flexibility index (Phi) is 6.95. The van der Waals surface area contributed by atoms with Crippen molar-refractivity contribution < 1.29 is 17.9 Å². The van der Waals surface area contributed by atoms with E-state index in [4.69, 9.17) is 14.6 Å². The largest absolute Gasteiger partial charge is 0.381 e. The summed E-state index contributed by atoms with van der Waals surface area (Å²) in [5.41, 5.74) is -0.389. The molecule has 0 aliphatic carbocycles. The maximum atomic E-state index is 11.2. The van der Waals surface area contributed by atoms with Crippen LogP contribution >= 0.6 is 0 Å². The van der Waals surface area contributed by atoms with Crippen molar-refractivity contribution in [3.63, 3.8) is 0 Å². The molecule has 0 radical (unpaired) electrons. The fourth-order valence-electron chi connectivity index (χ4n) is 1.47. The van der Waals surface area contributed by atoms with Gasteiger partial charge in [-0.15, -0.1) is 0 Å². The first-order valence-corrected chi connectivity index (χ1v) is 8.22. The Hall–Kier alpha value is -0.170. The minimum atomic E-state index is -3.48. The van der Waals surface area contributed by atoms with E-state index in [2.05, 4.69) is 0 Å². The molecule has 0 fully saturated rings. The summed E-state index contributed by atoms with van der Waals surface area (Å²) in [6.45, 7) is 10.9. The highest BCUT2D eigenvalue weighted by atomic mass is 32.2. The summed E-state index contributed by atoms with van der Waals surface area (Å²) >= 11 is 0. The van der Waals surface area contributed by atoms with Crippen molar-refractivity contribution in [1.82, 2.24) is 0 Å². The van der Waals surface area contributed by atoms with Gasteiger partial charge in [0.2, 0.25) is 10.0 Å². The molecule has 0 aromatic heterocycles. The first-order chi connectivity index (χ1) is 8.37. The van der Waals surface area contributed by atoms with Gasteiger partial charge in [-0.05, 0) is 25.7 Å². The van der Waals surface area contributed by atoms with Crippen LogP contribution in [0.1, 0.15) is 41.0 Å². The molecule has 0 aromatic rings. The van der Waals surface area contributed by atoms with Crippen LogP contribution in [0, 0.1) is 11.3 Å². The second kappa shape index (κ2) is 7.02. The quantitative estimate of drug-likeness (QED) is 0.692. The van der Waals surface area contributed by atoms with E-state index in [0.717, 1.165) is 6.42 Å². The maximum Gasteiger partial charge on any atom is 0.209 e. The van der Waals surface area contributed by atoms with Gasteiger partial charge in [0.05, 0.1) is 18.0 Å². The first kappa shape index (κ1) is 18.8. The first-order valence-electron chi connectivity index (χ1n) is 6.51. The molecule has 1 atom stereocenters. The Balaban J connectivity index is 4.30. The Morgan fingerprint density at radius 1 is 1.16 bits per heavy atom. The maximum absolute atomic E-state index is 11.2. The average molecular weight is 295 g/mol. The zero-order valence-corrected chi connectivity index (χ0v) is 13.8. The van der Waals surface area contributed by atoms with Crippen molar-refractivity contribution in [3.8, 4) is 0 Å². The Morgan fingerprint density at radius 3 is 2.05 bits per heavy atom. The monoisotopic (exact) mass is 295 g/mol. The van der Waals surface area contributed by atoms with E-state index in [1.165, 1.54) is 0 Å². The molecule has 6 heteroatoms. The van der Waals surface area contributed by atoms with Gasteiger partial charge in [0.1, 0.15) is 0 Å². The molecular weight excluding hydrogens is 266 g/mol. The Morgan fingerprint density at radius 2 is 1.68 bits per heavy atom. The summed E-state index contributed by atoms with van der Waals surface area (Å²) in [4.78, 5) is 0. The third-order valence-corrected chi connectivity index (χ3v) is 4.25. The van der Waals surface area contributed by atoms with Crippen molar-refractivity contribution in [1.29, 1.82) is 0 Å². The smallest absolute Gasteiger partial charge is 0.209 e. The minimum Gasteiger partial charge on any atom is -0.381 e. The van der Waals surface area contributed by atoms with Crippen molar-refractivity contribution in [2.45, 2.75) is 46.6 Å². The van der Waals surface area contributed by atoms with Gasteiger partial charge in [-0.3, -0.25) is 0 Å². The third-order valence-electron chi connectivity index (χ3n) is 3.38. The number of rotatable bonds is 8. The van der Waals surface area contributed by atoms with E-state index in [1.54, 1.807) is 7.11 Å². The molecule has 19 heavy (non-hydrogen) atoms. The van der Waals surface area contributed by atoms with E-state index in [0.29, 0.717) is 13.2 Å². The molecule has 0 amide bonds. The van der Waals surface area contributed by atoms with Crippen molar-refractivity contribution in [2.75, 3.05) is 26.1 Å². The summed E-state index contributed by atoms with van der Waals surface area (Å²) < 4.78 is 33.4. The second-order valence-corrected chi connectivity index (χ2v) is 8.34. The van der Waals surface area contributed by atoms with Gasteiger partial charge in [0, 0.05) is 19.6 Å². The molecule has 0 spiro atoms. The van der Waals surface area contributed by atoms with Crippen LogP contribution in [0.15, 0.2) is 0 Å². The van der Waals surface area contributed by atoms with E-state index >= 15 is 0 Å². The molecule has 1 unspecified atom stereocenters. The van der Waals surface area contributed by atoms with Gasteiger partial charge in [0.15, 0.2) is 0 Å². The van der Waals surface area contributed by atoms with Gasteiger partial charge in [-0.2, -0.15) is 0 Å². The van der Waals surface area contributed by atoms with E-state index in [1.807, 2.05) is 34.6 Å². The zero-order valence-electron chi connectivity index (χ0n) is 13.0. The van der Waals surface area contributed by atoms with Crippen LogP contribution in [-0.4, -0.2) is 40.1 Å². The summed E-state index contributed by atoms with van der Waals surface area (Å²) in [6.07, 6.45) is 0.760. The van der Waals surface area contributed by atoms with Gasteiger partial charge < -0.3 is 9.47 Å². The van der Waals surface area contributed by atoms with Gasteiger partial charge in [-0.25, -0.2) is 13.6 Å². The van der Waals surface area contributed by atoms with Crippen LogP contribution in [0.4, 0.5) is 0 Å².